The van der Waals surface area contributed by atoms with Crippen LogP contribution in [0.15, 0.2) is 24.5 Å². The van der Waals surface area contributed by atoms with Crippen LogP contribution >= 0.6 is 0 Å². The van der Waals surface area contributed by atoms with Gasteiger partial charge in [-0.05, 0) is 6.08 Å². The Labute approximate surface area is 46.6 Å². The molecule has 0 spiro atoms. The van der Waals surface area contributed by atoms with Gasteiger partial charge in [0.1, 0.15) is 5.76 Å². The van der Waals surface area contributed by atoms with Crippen molar-refractivity contribution in [2.24, 2.45) is 0 Å². The number of carboxylic acids is 1. The highest BCUT2D eigenvalue weighted by atomic mass is 16.4. The van der Waals surface area contributed by atoms with Gasteiger partial charge in [0.05, 0.1) is 0 Å². The quantitative estimate of drug-likeness (QED) is 0.315. The molecule has 2 N–H and O–H groups in total. The molecule has 0 aromatic heterocycles. The number of aliphatic carboxylic acids is 1. The first-order valence-corrected chi connectivity index (χ1v) is 1.92. The van der Waals surface area contributed by atoms with Crippen molar-refractivity contribution in [2.75, 3.05) is 0 Å². The molecule has 0 aliphatic carbocycles. The van der Waals surface area contributed by atoms with Crippen LogP contribution in [0.25, 0.3) is 0 Å². The summed E-state index contributed by atoms with van der Waals surface area (Å²) in [7, 11) is 0. The van der Waals surface area contributed by atoms with Crippen molar-refractivity contribution in [3.8, 4) is 0 Å². The lowest BCUT2D eigenvalue weighted by atomic mass is 10.4. The fourth-order valence-corrected chi connectivity index (χ4v) is 0.167. The molecule has 0 heterocycles. The van der Waals surface area contributed by atoms with Crippen LogP contribution in [0.4, 0.5) is 0 Å². The zero-order valence-corrected chi connectivity index (χ0v) is 4.16. The first-order chi connectivity index (χ1) is 3.63. The molecule has 0 aromatic rings. The largest absolute Gasteiger partial charge is 0.509 e. The number of aliphatic hydroxyl groups is 1. The van der Waals surface area contributed by atoms with Crippen molar-refractivity contribution in [1.29, 1.82) is 0 Å². The Bertz CT molecular complexity index is 119. The summed E-state index contributed by atoms with van der Waals surface area (Å²) in [6, 6.07) is 0. The first kappa shape index (κ1) is 6.75. The lowest BCUT2D eigenvalue weighted by Crippen LogP contribution is -1.85. The smallest absolute Gasteiger partial charge is 0.328 e. The van der Waals surface area contributed by atoms with Gasteiger partial charge in [0.2, 0.25) is 0 Å². The van der Waals surface area contributed by atoms with Gasteiger partial charge in [-0.1, -0.05) is 6.58 Å². The molecule has 0 unspecified atom stereocenters. The minimum atomic E-state index is -1.10. The molecule has 0 radical (unpaired) electrons. The van der Waals surface area contributed by atoms with E-state index in [0.717, 1.165) is 12.2 Å². The molecule has 0 rings (SSSR count). The number of rotatable bonds is 2. The van der Waals surface area contributed by atoms with E-state index in [1.54, 1.807) is 0 Å². The minimum Gasteiger partial charge on any atom is -0.509 e. The normalized spacial score (nSPS) is 9.50. The molecule has 0 saturated heterocycles. The summed E-state index contributed by atoms with van der Waals surface area (Å²) in [6.45, 7) is 3.03. The second-order valence-corrected chi connectivity index (χ2v) is 1.16. The van der Waals surface area contributed by atoms with Crippen molar-refractivity contribution in [3.63, 3.8) is 0 Å². The zero-order valence-electron chi connectivity index (χ0n) is 4.16. The van der Waals surface area contributed by atoms with Gasteiger partial charge in [0, 0.05) is 6.08 Å². The van der Waals surface area contributed by atoms with Gasteiger partial charge in [-0.2, -0.15) is 0 Å². The maximum atomic E-state index is 9.66. The van der Waals surface area contributed by atoms with Gasteiger partial charge >= 0.3 is 5.97 Å². The van der Waals surface area contributed by atoms with E-state index in [2.05, 4.69) is 6.58 Å². The number of carboxylic acid groups (broad SMARTS) is 1. The Morgan fingerprint density at radius 1 is 1.38 bits per heavy atom. The highest BCUT2D eigenvalue weighted by Gasteiger charge is 1.83. The molecular weight excluding hydrogens is 108 g/mol. The molecule has 0 aliphatic rings. The van der Waals surface area contributed by atoms with Crippen LogP contribution in [0.3, 0.4) is 0 Å². The van der Waals surface area contributed by atoms with Crippen LogP contribution in [0, 0.1) is 0 Å². The maximum absolute atomic E-state index is 9.66. The van der Waals surface area contributed by atoms with Crippen molar-refractivity contribution >= 4 is 5.97 Å². The van der Waals surface area contributed by atoms with E-state index < -0.39 is 5.97 Å². The molecule has 0 saturated carbocycles. The van der Waals surface area contributed by atoms with Gasteiger partial charge < -0.3 is 10.2 Å². The van der Waals surface area contributed by atoms with E-state index in [1.165, 1.54) is 0 Å². The Morgan fingerprint density at radius 2 is 1.88 bits per heavy atom. The molecule has 44 valence electrons. The van der Waals surface area contributed by atoms with Gasteiger partial charge in [-0.25, -0.2) is 4.79 Å². The second-order valence-electron chi connectivity index (χ2n) is 1.16. The second kappa shape index (κ2) is 2.85. The molecule has 0 fully saturated rings. The fraction of sp³-hybridized carbons (Fsp3) is 0. The number of carbonyl (C=O) groups is 1. The van der Waals surface area contributed by atoms with E-state index >= 15 is 0 Å². The number of hydrogen-bond donors (Lipinski definition) is 2. The van der Waals surface area contributed by atoms with Crippen LogP contribution in [-0.4, -0.2) is 16.2 Å². The van der Waals surface area contributed by atoms with Crippen LogP contribution in [0.2, 0.25) is 0 Å². The highest BCUT2D eigenvalue weighted by Crippen LogP contribution is 1.82. The summed E-state index contributed by atoms with van der Waals surface area (Å²) in [5, 5.41) is 16.2. The molecule has 0 bridgehead atoms. The topological polar surface area (TPSA) is 57.5 Å². The summed E-state index contributed by atoms with van der Waals surface area (Å²) in [4.78, 5) is 9.66. The highest BCUT2D eigenvalue weighted by molar-refractivity contribution is 5.80. The third-order valence-electron chi connectivity index (χ3n) is 0.418. The molecule has 3 heteroatoms. The molecular formula is C5H6O3. The van der Waals surface area contributed by atoms with Gasteiger partial charge in [-0.15, -0.1) is 0 Å². The number of hydrogen-bond acceptors (Lipinski definition) is 2. The predicted octanol–water partition coefficient (Wildman–Crippen LogP) is 0.699. The minimum absolute atomic E-state index is 0.257. The van der Waals surface area contributed by atoms with Crippen molar-refractivity contribution in [1.82, 2.24) is 0 Å². The lowest BCUT2D eigenvalue weighted by Gasteiger charge is -1.79. The number of aliphatic hydroxyl groups excluding tert-OH is 1. The van der Waals surface area contributed by atoms with Crippen LogP contribution in [-0.2, 0) is 4.79 Å². The maximum Gasteiger partial charge on any atom is 0.328 e. The van der Waals surface area contributed by atoms with Crippen molar-refractivity contribution in [2.45, 2.75) is 0 Å². The van der Waals surface area contributed by atoms with Gasteiger partial charge in [-0.3, -0.25) is 0 Å². The van der Waals surface area contributed by atoms with E-state index in [4.69, 9.17) is 10.2 Å². The molecule has 3 nitrogen and oxygen atoms in total. The summed E-state index contributed by atoms with van der Waals surface area (Å²) in [6.07, 6.45) is 1.81. The van der Waals surface area contributed by atoms with E-state index in [1.807, 2.05) is 0 Å². The summed E-state index contributed by atoms with van der Waals surface area (Å²) in [5.41, 5.74) is 0. The summed E-state index contributed by atoms with van der Waals surface area (Å²) in [5.74, 6) is -1.35. The molecule has 0 aromatic carbocycles. The summed E-state index contributed by atoms with van der Waals surface area (Å²) < 4.78 is 0. The molecule has 0 aliphatic heterocycles. The number of allylic oxidation sites excluding steroid dienone is 1. The van der Waals surface area contributed by atoms with E-state index in [0.29, 0.717) is 0 Å². The van der Waals surface area contributed by atoms with Gasteiger partial charge in [0.15, 0.2) is 0 Å². The molecule has 0 amide bonds. The Balaban J connectivity index is 3.67. The third kappa shape index (κ3) is 4.75. The standard InChI is InChI=1S/C5H6O3/c1-4(6)2-3-5(7)8/h2-3,6H,1H2,(H,7,8). The predicted molar refractivity (Wildman–Crippen MR) is 28.5 cm³/mol. The monoisotopic (exact) mass is 114 g/mol. The Hall–Kier alpha value is -1.25. The average Bonchev–Trinajstić information content (AvgIpc) is 1.61. The van der Waals surface area contributed by atoms with E-state index in [9.17, 15) is 4.79 Å². The fourth-order valence-electron chi connectivity index (χ4n) is 0.167. The van der Waals surface area contributed by atoms with E-state index in [-0.39, 0.29) is 5.76 Å². The third-order valence-corrected chi connectivity index (χ3v) is 0.418. The molecule has 8 heavy (non-hydrogen) atoms. The summed E-state index contributed by atoms with van der Waals surface area (Å²) >= 11 is 0. The lowest BCUT2D eigenvalue weighted by molar-refractivity contribution is -0.131. The first-order valence-electron chi connectivity index (χ1n) is 1.92. The Morgan fingerprint density at radius 3 is 2.00 bits per heavy atom. The molecule has 0 atom stereocenters. The average molecular weight is 114 g/mol. The van der Waals surface area contributed by atoms with Gasteiger partial charge in [0.25, 0.3) is 0 Å². The Kier molecular flexibility index (Phi) is 2.40. The van der Waals surface area contributed by atoms with Crippen LogP contribution in [0.5, 0.6) is 0 Å². The van der Waals surface area contributed by atoms with Crippen LogP contribution < -0.4 is 0 Å². The van der Waals surface area contributed by atoms with Crippen LogP contribution in [0.1, 0.15) is 0 Å². The van der Waals surface area contributed by atoms with Crippen molar-refractivity contribution < 1.29 is 15.0 Å². The zero-order chi connectivity index (χ0) is 6.57. The SMILES string of the molecule is C=C(O)C=CC(=O)O. The van der Waals surface area contributed by atoms with Crippen molar-refractivity contribution in [3.05, 3.63) is 24.5 Å².